The molecule has 3 heterocycles. The Hall–Kier alpha value is -2.44. The van der Waals surface area contributed by atoms with Gasteiger partial charge in [0, 0.05) is 11.8 Å². The van der Waals surface area contributed by atoms with Crippen molar-refractivity contribution in [1.82, 2.24) is 14.5 Å². The van der Waals surface area contributed by atoms with Crippen molar-refractivity contribution < 1.29 is 38.2 Å². The molecule has 3 aromatic rings. The molecular formula is C17H18FN4O7P. The van der Waals surface area contributed by atoms with E-state index in [4.69, 9.17) is 20.3 Å². The molecule has 11 nitrogen and oxygen atoms in total. The van der Waals surface area contributed by atoms with E-state index in [9.17, 15) is 19.2 Å². The largest absolute Gasteiger partial charge is 0.469 e. The highest BCUT2D eigenvalue weighted by Crippen LogP contribution is 2.40. The van der Waals surface area contributed by atoms with Gasteiger partial charge in [-0.05, 0) is 17.7 Å². The van der Waals surface area contributed by atoms with Gasteiger partial charge in [-0.2, -0.15) is 0 Å². The number of ether oxygens (including phenoxy) is 1. The number of aromatic nitrogens is 3. The Bertz CT molecular complexity index is 1120. The minimum absolute atomic E-state index is 0.146. The molecule has 0 radical (unpaired) electrons. The van der Waals surface area contributed by atoms with E-state index in [-0.39, 0.29) is 11.5 Å². The van der Waals surface area contributed by atoms with Crippen LogP contribution in [0.2, 0.25) is 0 Å². The van der Waals surface area contributed by atoms with E-state index >= 15 is 0 Å². The van der Waals surface area contributed by atoms with Crippen LogP contribution >= 0.6 is 7.82 Å². The molecule has 0 spiro atoms. The second-order valence-corrected chi connectivity index (χ2v) is 7.99. The highest BCUT2D eigenvalue weighted by molar-refractivity contribution is 7.46. The number of nitrogens with zero attached hydrogens (tertiary/aromatic N) is 3. The molecule has 0 amide bonds. The zero-order valence-corrected chi connectivity index (χ0v) is 16.1. The molecule has 4 rings (SSSR count). The number of aliphatic hydroxyl groups is 2. The van der Waals surface area contributed by atoms with E-state index in [2.05, 4.69) is 14.5 Å². The van der Waals surface area contributed by atoms with Crippen molar-refractivity contribution in [2.75, 3.05) is 12.3 Å². The summed E-state index contributed by atoms with van der Waals surface area (Å²) in [4.78, 5) is 25.9. The lowest BCUT2D eigenvalue weighted by Crippen LogP contribution is -2.33. The van der Waals surface area contributed by atoms with E-state index in [0.717, 1.165) is 0 Å². The number of anilines is 1. The van der Waals surface area contributed by atoms with Crippen molar-refractivity contribution in [3.63, 3.8) is 0 Å². The van der Waals surface area contributed by atoms with Crippen LogP contribution in [0.3, 0.4) is 0 Å². The maximum absolute atomic E-state index is 13.3. The molecule has 1 aliphatic heterocycles. The van der Waals surface area contributed by atoms with Gasteiger partial charge in [-0.1, -0.05) is 12.1 Å². The number of fused-ring (bicyclic) bond motifs is 1. The third kappa shape index (κ3) is 3.82. The quantitative estimate of drug-likeness (QED) is 0.353. The Balaban J connectivity index is 1.75. The summed E-state index contributed by atoms with van der Waals surface area (Å²) in [6.45, 7) is -0.639. The number of benzene rings is 1. The number of phosphoric ester groups is 1. The summed E-state index contributed by atoms with van der Waals surface area (Å²) in [5, 5.41) is 21.2. The zero-order valence-electron chi connectivity index (χ0n) is 15.2. The molecule has 0 bridgehead atoms. The van der Waals surface area contributed by atoms with Gasteiger partial charge in [0.25, 0.3) is 0 Å². The van der Waals surface area contributed by atoms with Gasteiger partial charge in [0.1, 0.15) is 41.9 Å². The first-order chi connectivity index (χ1) is 14.2. The van der Waals surface area contributed by atoms with Gasteiger partial charge in [-0.25, -0.2) is 18.9 Å². The molecule has 30 heavy (non-hydrogen) atoms. The first-order valence-corrected chi connectivity index (χ1v) is 10.3. The van der Waals surface area contributed by atoms with E-state index in [0.29, 0.717) is 16.5 Å². The summed E-state index contributed by atoms with van der Waals surface area (Å²) in [5.41, 5.74) is 7.46. The predicted molar refractivity (Wildman–Crippen MR) is 101 cm³/mol. The first kappa shape index (κ1) is 20.8. The van der Waals surface area contributed by atoms with Crippen molar-refractivity contribution >= 4 is 24.7 Å². The summed E-state index contributed by atoms with van der Waals surface area (Å²) in [6.07, 6.45) is -2.51. The maximum atomic E-state index is 13.3. The number of nitrogen functional groups attached to an aromatic ring is 1. The van der Waals surface area contributed by atoms with Crippen molar-refractivity contribution in [3.05, 3.63) is 42.6 Å². The molecule has 6 N–H and O–H groups in total. The minimum atomic E-state index is -4.79. The second-order valence-electron chi connectivity index (χ2n) is 6.75. The fourth-order valence-corrected chi connectivity index (χ4v) is 3.76. The molecule has 0 saturated carbocycles. The lowest BCUT2D eigenvalue weighted by atomic mass is 10.1. The molecular weight excluding hydrogens is 422 g/mol. The van der Waals surface area contributed by atoms with Gasteiger partial charge in [0.15, 0.2) is 6.23 Å². The summed E-state index contributed by atoms with van der Waals surface area (Å²) >= 11 is 0. The van der Waals surface area contributed by atoms with Gasteiger partial charge < -0.3 is 35.0 Å². The average Bonchev–Trinajstić information content (AvgIpc) is 3.20. The Morgan fingerprint density at radius 2 is 1.90 bits per heavy atom. The van der Waals surface area contributed by atoms with E-state index < -0.39 is 44.8 Å². The Morgan fingerprint density at radius 1 is 1.20 bits per heavy atom. The minimum Gasteiger partial charge on any atom is -0.387 e. The van der Waals surface area contributed by atoms with Crippen molar-refractivity contribution in [2.24, 2.45) is 0 Å². The van der Waals surface area contributed by atoms with Gasteiger partial charge in [0.2, 0.25) is 0 Å². The second kappa shape index (κ2) is 7.67. The number of rotatable bonds is 5. The predicted octanol–water partition coefficient (Wildman–Crippen LogP) is 0.548. The van der Waals surface area contributed by atoms with Crippen molar-refractivity contribution in [2.45, 2.75) is 24.5 Å². The van der Waals surface area contributed by atoms with E-state index in [1.807, 2.05) is 0 Å². The average molecular weight is 440 g/mol. The highest BCUT2D eigenvalue weighted by atomic mass is 31.2. The van der Waals surface area contributed by atoms with Gasteiger partial charge in [0.05, 0.1) is 12.0 Å². The Morgan fingerprint density at radius 3 is 2.57 bits per heavy atom. The SMILES string of the molecule is Nc1ncnc2c1c(-c1ccc(F)cc1)cn2C1OC(COP(=O)(O)O)C(O)C1O. The standard InChI is InChI=1S/C17H18FN4O7P/c18-9-3-1-8(2-4-9)10-5-22(16-12(10)15(19)20-7-21-16)17-14(24)13(23)11(29-17)6-28-30(25,26)27/h1-5,7,11,13-14,17,23-24H,6H2,(H2,19,20,21)(H2,25,26,27). The smallest absolute Gasteiger partial charge is 0.387 e. The number of nitrogens with two attached hydrogens (primary N) is 1. The molecule has 0 aliphatic carbocycles. The van der Waals surface area contributed by atoms with E-state index in [1.165, 1.54) is 23.0 Å². The van der Waals surface area contributed by atoms with Crippen LogP contribution in [0.15, 0.2) is 36.8 Å². The van der Waals surface area contributed by atoms with Crippen LogP contribution in [0.1, 0.15) is 6.23 Å². The molecule has 1 aliphatic rings. The van der Waals surface area contributed by atoms with E-state index in [1.54, 1.807) is 18.3 Å². The molecule has 160 valence electrons. The lowest BCUT2D eigenvalue weighted by Gasteiger charge is -2.17. The van der Waals surface area contributed by atoms with Gasteiger partial charge in [-0.3, -0.25) is 4.52 Å². The molecule has 4 unspecified atom stereocenters. The molecule has 1 aromatic carbocycles. The molecule has 13 heteroatoms. The van der Waals surface area contributed by atoms with Crippen LogP contribution < -0.4 is 5.73 Å². The third-order valence-electron chi connectivity index (χ3n) is 4.81. The first-order valence-electron chi connectivity index (χ1n) is 8.74. The number of aliphatic hydroxyl groups excluding tert-OH is 2. The summed E-state index contributed by atoms with van der Waals surface area (Å²) in [7, 11) is -4.79. The van der Waals surface area contributed by atoms with Gasteiger partial charge in [-0.15, -0.1) is 0 Å². The van der Waals surface area contributed by atoms with Crippen LogP contribution in [0, 0.1) is 5.82 Å². The third-order valence-corrected chi connectivity index (χ3v) is 5.30. The summed E-state index contributed by atoms with van der Waals surface area (Å²) in [5.74, 6) is -0.273. The molecule has 1 fully saturated rings. The van der Waals surface area contributed by atoms with Crippen LogP contribution in [-0.4, -0.2) is 59.5 Å². The van der Waals surface area contributed by atoms with Crippen molar-refractivity contribution in [1.29, 1.82) is 0 Å². The number of hydrogen-bond donors (Lipinski definition) is 5. The molecule has 4 atom stereocenters. The monoisotopic (exact) mass is 440 g/mol. The number of hydrogen-bond acceptors (Lipinski definition) is 8. The van der Waals surface area contributed by atoms with Crippen LogP contribution in [0.4, 0.5) is 10.2 Å². The number of halogens is 1. The lowest BCUT2D eigenvalue weighted by molar-refractivity contribution is -0.0501. The Kier molecular flexibility index (Phi) is 5.32. The van der Waals surface area contributed by atoms with Crippen LogP contribution in [-0.2, 0) is 13.8 Å². The fourth-order valence-electron chi connectivity index (χ4n) is 3.42. The normalized spacial score (nSPS) is 24.6. The number of phosphoric acid groups is 1. The fraction of sp³-hybridized carbons (Fsp3) is 0.294. The molecule has 2 aromatic heterocycles. The maximum Gasteiger partial charge on any atom is 0.469 e. The molecule has 1 saturated heterocycles. The highest BCUT2D eigenvalue weighted by Gasteiger charge is 2.45. The van der Waals surface area contributed by atoms with Crippen molar-refractivity contribution in [3.8, 4) is 11.1 Å². The topological polar surface area (TPSA) is 173 Å². The summed E-state index contributed by atoms with van der Waals surface area (Å²) < 4.78 is 35.7. The van der Waals surface area contributed by atoms with Crippen LogP contribution in [0.25, 0.3) is 22.2 Å². The van der Waals surface area contributed by atoms with Crippen LogP contribution in [0.5, 0.6) is 0 Å². The zero-order chi connectivity index (χ0) is 21.6. The Labute approximate surface area is 168 Å². The van der Waals surface area contributed by atoms with Gasteiger partial charge >= 0.3 is 7.82 Å². The summed E-state index contributed by atoms with van der Waals surface area (Å²) in [6, 6.07) is 5.63.